The lowest BCUT2D eigenvalue weighted by atomic mass is 10.6. The quantitative estimate of drug-likeness (QED) is 0.795. The van der Waals surface area contributed by atoms with Crippen LogP contribution in [0.15, 0.2) is 25.5 Å². The molecule has 0 amide bonds. The van der Waals surface area contributed by atoms with Gasteiger partial charge in [0, 0.05) is 6.07 Å². The number of rotatable bonds is 2. The minimum Gasteiger partial charge on any atom is -0.226 e. The SMILES string of the molecule is Cc1nc(Br)cc(Sc2nncs2)n1. The first-order valence-corrected chi connectivity index (χ1v) is 6.18. The van der Waals surface area contributed by atoms with Crippen LogP contribution in [0.25, 0.3) is 0 Å². The van der Waals surface area contributed by atoms with Crippen molar-refractivity contribution in [2.24, 2.45) is 0 Å². The first-order chi connectivity index (χ1) is 6.74. The Morgan fingerprint density at radius 2 is 2.29 bits per heavy atom. The highest BCUT2D eigenvalue weighted by Crippen LogP contribution is 2.27. The van der Waals surface area contributed by atoms with Gasteiger partial charge in [0.05, 0.1) is 0 Å². The van der Waals surface area contributed by atoms with Crippen molar-refractivity contribution in [1.82, 2.24) is 20.2 Å². The van der Waals surface area contributed by atoms with Gasteiger partial charge in [-0.25, -0.2) is 9.97 Å². The highest BCUT2D eigenvalue weighted by molar-refractivity contribution is 9.10. The lowest BCUT2D eigenvalue weighted by Crippen LogP contribution is -1.89. The van der Waals surface area contributed by atoms with E-state index >= 15 is 0 Å². The van der Waals surface area contributed by atoms with Gasteiger partial charge >= 0.3 is 0 Å². The maximum Gasteiger partial charge on any atom is 0.180 e. The van der Waals surface area contributed by atoms with Crippen molar-refractivity contribution >= 4 is 39.0 Å². The van der Waals surface area contributed by atoms with Crippen LogP contribution in [-0.2, 0) is 0 Å². The molecular weight excluding hydrogens is 284 g/mol. The van der Waals surface area contributed by atoms with E-state index in [1.165, 1.54) is 23.1 Å². The molecule has 0 saturated heterocycles. The highest BCUT2D eigenvalue weighted by atomic mass is 79.9. The lowest BCUT2D eigenvalue weighted by Gasteiger charge is -1.98. The van der Waals surface area contributed by atoms with Crippen LogP contribution in [0, 0.1) is 6.92 Å². The summed E-state index contributed by atoms with van der Waals surface area (Å²) in [6.07, 6.45) is 0. The predicted molar refractivity (Wildman–Crippen MR) is 58.5 cm³/mol. The predicted octanol–water partition coefficient (Wildman–Crippen LogP) is 2.55. The van der Waals surface area contributed by atoms with Gasteiger partial charge in [0.2, 0.25) is 0 Å². The van der Waals surface area contributed by atoms with Crippen LogP contribution in [-0.4, -0.2) is 20.2 Å². The summed E-state index contributed by atoms with van der Waals surface area (Å²) in [5.41, 5.74) is 1.70. The molecule has 7 heteroatoms. The number of aromatic nitrogens is 4. The smallest absolute Gasteiger partial charge is 0.180 e. The molecular formula is C7H5BrN4S2. The molecule has 0 spiro atoms. The second-order valence-corrected chi connectivity index (χ2v) is 5.30. The molecule has 0 fully saturated rings. The van der Waals surface area contributed by atoms with Gasteiger partial charge in [0.1, 0.15) is 21.0 Å². The normalized spacial score (nSPS) is 10.4. The molecule has 0 unspecified atom stereocenters. The van der Waals surface area contributed by atoms with Crippen molar-refractivity contribution in [3.05, 3.63) is 22.0 Å². The third-order valence-electron chi connectivity index (χ3n) is 1.32. The van der Waals surface area contributed by atoms with Gasteiger partial charge in [-0.3, -0.25) is 0 Å². The Bertz CT molecular complexity index is 411. The molecule has 0 N–H and O–H groups in total. The third-order valence-corrected chi connectivity index (χ3v) is 3.42. The van der Waals surface area contributed by atoms with Crippen molar-refractivity contribution < 1.29 is 0 Å². The Kier molecular flexibility index (Phi) is 3.09. The molecule has 2 heterocycles. The summed E-state index contributed by atoms with van der Waals surface area (Å²) in [5.74, 6) is 0.742. The van der Waals surface area contributed by atoms with E-state index in [1.807, 2.05) is 13.0 Å². The average molecular weight is 289 g/mol. The Labute approximate surface area is 97.3 Å². The maximum absolute atomic E-state index is 4.27. The largest absolute Gasteiger partial charge is 0.226 e. The summed E-state index contributed by atoms with van der Waals surface area (Å²) in [6, 6.07) is 1.86. The Morgan fingerprint density at radius 1 is 1.43 bits per heavy atom. The summed E-state index contributed by atoms with van der Waals surface area (Å²) in [7, 11) is 0. The van der Waals surface area contributed by atoms with Crippen molar-refractivity contribution in [2.45, 2.75) is 16.3 Å². The summed E-state index contributed by atoms with van der Waals surface area (Å²) in [5, 5.41) is 8.56. The second-order valence-electron chi connectivity index (χ2n) is 2.38. The fraction of sp³-hybridized carbons (Fsp3) is 0.143. The van der Waals surface area contributed by atoms with Crippen LogP contribution in [0.3, 0.4) is 0 Å². The molecule has 0 atom stereocenters. The zero-order valence-corrected chi connectivity index (χ0v) is 10.4. The molecule has 2 aromatic rings. The molecule has 2 rings (SSSR count). The zero-order valence-electron chi connectivity index (χ0n) is 7.14. The van der Waals surface area contributed by atoms with Gasteiger partial charge in [-0.05, 0) is 34.6 Å². The van der Waals surface area contributed by atoms with Crippen LogP contribution >= 0.6 is 39.0 Å². The molecule has 0 aliphatic rings. The lowest BCUT2D eigenvalue weighted by molar-refractivity contribution is 0.945. The number of nitrogens with zero attached hydrogens (tertiary/aromatic N) is 4. The van der Waals surface area contributed by atoms with E-state index < -0.39 is 0 Å². The van der Waals surface area contributed by atoms with Crippen molar-refractivity contribution in [3.63, 3.8) is 0 Å². The topological polar surface area (TPSA) is 51.6 Å². The molecule has 0 aliphatic heterocycles. The Morgan fingerprint density at radius 3 is 2.93 bits per heavy atom. The molecule has 0 aliphatic carbocycles. The fourth-order valence-corrected chi connectivity index (χ4v) is 2.95. The number of aryl methyl sites for hydroxylation is 1. The van der Waals surface area contributed by atoms with E-state index in [2.05, 4.69) is 36.1 Å². The number of hydrogen-bond donors (Lipinski definition) is 0. The van der Waals surface area contributed by atoms with E-state index in [9.17, 15) is 0 Å². The van der Waals surface area contributed by atoms with Crippen molar-refractivity contribution in [2.75, 3.05) is 0 Å². The van der Waals surface area contributed by atoms with Gasteiger partial charge in [0.15, 0.2) is 4.34 Å². The van der Waals surface area contributed by atoms with E-state index in [4.69, 9.17) is 0 Å². The van der Waals surface area contributed by atoms with Crippen molar-refractivity contribution in [3.8, 4) is 0 Å². The van der Waals surface area contributed by atoms with Gasteiger partial charge in [0.25, 0.3) is 0 Å². The first-order valence-electron chi connectivity index (χ1n) is 3.69. The maximum atomic E-state index is 4.27. The Hall–Kier alpha value is -0.530. The third kappa shape index (κ3) is 2.49. The monoisotopic (exact) mass is 288 g/mol. The number of hydrogen-bond acceptors (Lipinski definition) is 6. The summed E-state index contributed by atoms with van der Waals surface area (Å²) in [4.78, 5) is 8.39. The fourth-order valence-electron chi connectivity index (χ4n) is 0.855. The zero-order chi connectivity index (χ0) is 9.97. The molecule has 0 radical (unpaired) electrons. The van der Waals surface area contributed by atoms with E-state index in [0.717, 1.165) is 19.8 Å². The van der Waals surface area contributed by atoms with E-state index in [0.29, 0.717) is 0 Å². The molecule has 0 bridgehead atoms. The van der Waals surface area contributed by atoms with Crippen molar-refractivity contribution in [1.29, 1.82) is 0 Å². The summed E-state index contributed by atoms with van der Waals surface area (Å²) < 4.78 is 1.67. The van der Waals surface area contributed by atoms with Crippen LogP contribution in [0.1, 0.15) is 5.82 Å². The summed E-state index contributed by atoms with van der Waals surface area (Å²) in [6.45, 7) is 1.86. The van der Waals surface area contributed by atoms with Crippen LogP contribution < -0.4 is 0 Å². The number of halogens is 1. The molecule has 2 aromatic heterocycles. The van der Waals surface area contributed by atoms with Crippen LogP contribution in [0.5, 0.6) is 0 Å². The minimum atomic E-state index is 0.742. The first kappa shape index (κ1) is 10.0. The molecule has 0 aromatic carbocycles. The minimum absolute atomic E-state index is 0.742. The van der Waals surface area contributed by atoms with E-state index in [1.54, 1.807) is 5.51 Å². The van der Waals surface area contributed by atoms with Crippen LogP contribution in [0.2, 0.25) is 0 Å². The average Bonchev–Trinajstić information content (AvgIpc) is 2.54. The summed E-state index contributed by atoms with van der Waals surface area (Å²) >= 11 is 6.30. The van der Waals surface area contributed by atoms with Gasteiger partial charge in [-0.2, -0.15) is 0 Å². The Balaban J connectivity index is 2.25. The molecule has 0 saturated carbocycles. The standard InChI is InChI=1S/C7H5BrN4S2/c1-4-10-5(8)2-6(11-4)14-7-12-9-3-13-7/h2-3H,1H3. The molecule has 72 valence electrons. The van der Waals surface area contributed by atoms with Gasteiger partial charge < -0.3 is 0 Å². The molecule has 4 nitrogen and oxygen atoms in total. The van der Waals surface area contributed by atoms with Crippen LogP contribution in [0.4, 0.5) is 0 Å². The second kappa shape index (κ2) is 4.33. The van der Waals surface area contributed by atoms with Gasteiger partial charge in [-0.1, -0.05) is 11.3 Å². The molecule has 14 heavy (non-hydrogen) atoms. The highest BCUT2D eigenvalue weighted by Gasteiger charge is 2.04. The van der Waals surface area contributed by atoms with Gasteiger partial charge in [-0.15, -0.1) is 10.2 Å². The van der Waals surface area contributed by atoms with E-state index in [-0.39, 0.29) is 0 Å².